The lowest BCUT2D eigenvalue weighted by molar-refractivity contribution is 0.410. The molecule has 21 heavy (non-hydrogen) atoms. The van der Waals surface area contributed by atoms with E-state index in [9.17, 15) is 0 Å². The fraction of sp³-hybridized carbons (Fsp3) is 0.750. The van der Waals surface area contributed by atoms with Crippen molar-refractivity contribution >= 4 is 17.3 Å². The zero-order valence-corrected chi connectivity index (χ0v) is 14.4. The van der Waals surface area contributed by atoms with Gasteiger partial charge >= 0.3 is 0 Å². The largest absolute Gasteiger partial charge is 0.357 e. The van der Waals surface area contributed by atoms with Crippen LogP contribution in [0.3, 0.4) is 0 Å². The standard InChI is InChI=1S/C16H28N4S/c1-4-17-16(20-14-8-6-5-7-9-14)18-11-10-15-12(2)19-13(3)21-15/h14H,4-11H2,1-3H3,(H2,17,18,20). The van der Waals surface area contributed by atoms with Gasteiger partial charge in [-0.15, -0.1) is 11.3 Å². The van der Waals surface area contributed by atoms with E-state index in [0.29, 0.717) is 6.04 Å². The topological polar surface area (TPSA) is 49.3 Å². The van der Waals surface area contributed by atoms with Gasteiger partial charge in [0.2, 0.25) is 0 Å². The van der Waals surface area contributed by atoms with Gasteiger partial charge in [-0.05, 0) is 33.6 Å². The van der Waals surface area contributed by atoms with Crippen molar-refractivity contribution in [3.8, 4) is 0 Å². The zero-order valence-electron chi connectivity index (χ0n) is 13.5. The highest BCUT2D eigenvalue weighted by Gasteiger charge is 2.14. The normalized spacial score (nSPS) is 17.0. The van der Waals surface area contributed by atoms with Crippen LogP contribution >= 0.6 is 11.3 Å². The van der Waals surface area contributed by atoms with Gasteiger partial charge in [0.05, 0.1) is 10.7 Å². The molecule has 1 fully saturated rings. The molecule has 2 rings (SSSR count). The van der Waals surface area contributed by atoms with Gasteiger partial charge in [0.1, 0.15) is 0 Å². The monoisotopic (exact) mass is 308 g/mol. The van der Waals surface area contributed by atoms with E-state index >= 15 is 0 Å². The number of aromatic nitrogens is 1. The number of nitrogens with zero attached hydrogens (tertiary/aromatic N) is 2. The van der Waals surface area contributed by atoms with Crippen molar-refractivity contribution in [1.29, 1.82) is 0 Å². The molecule has 2 N–H and O–H groups in total. The predicted molar refractivity (Wildman–Crippen MR) is 91.3 cm³/mol. The number of hydrogen-bond donors (Lipinski definition) is 2. The van der Waals surface area contributed by atoms with Crippen LogP contribution in [0.4, 0.5) is 0 Å². The van der Waals surface area contributed by atoms with Gasteiger partial charge in [-0.2, -0.15) is 0 Å². The SMILES string of the molecule is CCNC(=NCCc1sc(C)nc1C)NC1CCCCC1. The molecule has 118 valence electrons. The van der Waals surface area contributed by atoms with Crippen molar-refractivity contribution in [2.45, 2.75) is 65.3 Å². The van der Waals surface area contributed by atoms with Crippen LogP contribution < -0.4 is 10.6 Å². The number of aryl methyl sites for hydroxylation is 2. The lowest BCUT2D eigenvalue weighted by Gasteiger charge is -2.24. The summed E-state index contributed by atoms with van der Waals surface area (Å²) in [5, 5.41) is 8.10. The molecular formula is C16H28N4S. The van der Waals surface area contributed by atoms with Gasteiger partial charge in [0, 0.05) is 30.4 Å². The Hall–Kier alpha value is -1.10. The summed E-state index contributed by atoms with van der Waals surface area (Å²) >= 11 is 1.79. The quantitative estimate of drug-likeness (QED) is 0.649. The molecular weight excluding hydrogens is 280 g/mol. The number of nitrogens with one attached hydrogen (secondary N) is 2. The van der Waals surface area contributed by atoms with Gasteiger partial charge in [-0.3, -0.25) is 4.99 Å². The molecule has 1 aliphatic carbocycles. The fourth-order valence-corrected chi connectivity index (χ4v) is 3.76. The van der Waals surface area contributed by atoms with E-state index in [0.717, 1.165) is 36.2 Å². The molecule has 0 spiro atoms. The molecule has 0 saturated heterocycles. The molecule has 5 heteroatoms. The van der Waals surface area contributed by atoms with Gasteiger partial charge in [0.15, 0.2) is 5.96 Å². The minimum atomic E-state index is 0.601. The molecule has 0 radical (unpaired) electrons. The maximum atomic E-state index is 4.73. The lowest BCUT2D eigenvalue weighted by Crippen LogP contribution is -2.44. The Bertz CT molecular complexity index is 461. The van der Waals surface area contributed by atoms with E-state index in [4.69, 9.17) is 4.99 Å². The first-order valence-corrected chi connectivity index (χ1v) is 8.98. The molecule has 1 aliphatic rings. The molecule has 4 nitrogen and oxygen atoms in total. The molecule has 1 aromatic rings. The Morgan fingerprint density at radius 2 is 2.05 bits per heavy atom. The van der Waals surface area contributed by atoms with Crippen molar-refractivity contribution in [1.82, 2.24) is 15.6 Å². The molecule has 1 heterocycles. The number of guanidine groups is 1. The van der Waals surface area contributed by atoms with Crippen molar-refractivity contribution in [3.63, 3.8) is 0 Å². The molecule has 0 atom stereocenters. The molecule has 0 unspecified atom stereocenters. The van der Waals surface area contributed by atoms with Crippen LogP contribution in [0.25, 0.3) is 0 Å². The van der Waals surface area contributed by atoms with Crippen LogP contribution in [0, 0.1) is 13.8 Å². The predicted octanol–water partition coefficient (Wildman–Crippen LogP) is 3.19. The van der Waals surface area contributed by atoms with Gasteiger partial charge in [-0.1, -0.05) is 19.3 Å². The summed E-state index contributed by atoms with van der Waals surface area (Å²) < 4.78 is 0. The third-order valence-corrected chi connectivity index (χ3v) is 5.03. The second-order valence-electron chi connectivity index (χ2n) is 5.73. The first kappa shape index (κ1) is 16.3. The highest BCUT2D eigenvalue weighted by molar-refractivity contribution is 7.11. The van der Waals surface area contributed by atoms with E-state index in [1.807, 2.05) is 0 Å². The van der Waals surface area contributed by atoms with E-state index < -0.39 is 0 Å². The average molecular weight is 308 g/mol. The highest BCUT2D eigenvalue weighted by atomic mass is 32.1. The van der Waals surface area contributed by atoms with Crippen LogP contribution in [0.15, 0.2) is 4.99 Å². The average Bonchev–Trinajstić information content (AvgIpc) is 2.78. The first-order valence-electron chi connectivity index (χ1n) is 8.16. The molecule has 1 aromatic heterocycles. The number of aliphatic imine (C=N–C) groups is 1. The Morgan fingerprint density at radius 1 is 1.29 bits per heavy atom. The van der Waals surface area contributed by atoms with Crippen molar-refractivity contribution in [3.05, 3.63) is 15.6 Å². The van der Waals surface area contributed by atoms with Crippen LogP contribution in [0.1, 0.15) is 54.6 Å². The first-order chi connectivity index (χ1) is 10.2. The van der Waals surface area contributed by atoms with Crippen LogP contribution in [-0.4, -0.2) is 30.1 Å². The molecule has 0 bridgehead atoms. The van der Waals surface area contributed by atoms with E-state index in [2.05, 4.69) is 36.4 Å². The molecule has 0 aromatic carbocycles. The summed E-state index contributed by atoms with van der Waals surface area (Å²) in [6, 6.07) is 0.601. The Morgan fingerprint density at radius 3 is 2.67 bits per heavy atom. The second-order valence-corrected chi connectivity index (χ2v) is 7.02. The van der Waals surface area contributed by atoms with Crippen molar-refractivity contribution in [2.24, 2.45) is 4.99 Å². The van der Waals surface area contributed by atoms with Gasteiger partial charge in [0.25, 0.3) is 0 Å². The van der Waals surface area contributed by atoms with Crippen molar-refractivity contribution < 1.29 is 0 Å². The summed E-state index contributed by atoms with van der Waals surface area (Å²) in [5.74, 6) is 0.975. The van der Waals surface area contributed by atoms with E-state index in [1.54, 1.807) is 11.3 Å². The minimum Gasteiger partial charge on any atom is -0.357 e. The minimum absolute atomic E-state index is 0.601. The summed E-state index contributed by atoms with van der Waals surface area (Å²) in [5.41, 5.74) is 1.16. The fourth-order valence-electron chi connectivity index (χ4n) is 2.83. The van der Waals surface area contributed by atoms with Crippen LogP contribution in [0.2, 0.25) is 0 Å². The maximum Gasteiger partial charge on any atom is 0.191 e. The summed E-state index contributed by atoms with van der Waals surface area (Å²) in [6.45, 7) is 8.02. The smallest absolute Gasteiger partial charge is 0.191 e. The van der Waals surface area contributed by atoms with Crippen molar-refractivity contribution in [2.75, 3.05) is 13.1 Å². The third kappa shape index (κ3) is 5.30. The highest BCUT2D eigenvalue weighted by Crippen LogP contribution is 2.18. The molecule has 1 saturated carbocycles. The Kier molecular flexibility index (Phi) is 6.49. The van der Waals surface area contributed by atoms with Gasteiger partial charge in [-0.25, -0.2) is 4.98 Å². The van der Waals surface area contributed by atoms with Crippen LogP contribution in [0.5, 0.6) is 0 Å². The Labute approximate surface area is 132 Å². The number of thiazole rings is 1. The second kappa shape index (κ2) is 8.37. The summed E-state index contributed by atoms with van der Waals surface area (Å²) in [7, 11) is 0. The number of hydrogen-bond acceptors (Lipinski definition) is 3. The van der Waals surface area contributed by atoms with E-state index in [1.165, 1.54) is 37.0 Å². The lowest BCUT2D eigenvalue weighted by atomic mass is 9.96. The third-order valence-electron chi connectivity index (χ3n) is 3.90. The summed E-state index contributed by atoms with van der Waals surface area (Å²) in [4.78, 5) is 10.6. The molecule has 0 aliphatic heterocycles. The van der Waals surface area contributed by atoms with Gasteiger partial charge < -0.3 is 10.6 Å². The molecule has 0 amide bonds. The zero-order chi connectivity index (χ0) is 15.1. The van der Waals surface area contributed by atoms with Crippen LogP contribution in [-0.2, 0) is 6.42 Å². The summed E-state index contributed by atoms with van der Waals surface area (Å²) in [6.07, 6.45) is 7.61. The van der Waals surface area contributed by atoms with E-state index in [-0.39, 0.29) is 0 Å². The number of rotatable bonds is 5. The Balaban J connectivity index is 1.86. The maximum absolute atomic E-state index is 4.73.